The molecule has 1 aliphatic rings. The molecule has 90 valence electrons. The first-order valence-corrected chi connectivity index (χ1v) is 6.10. The van der Waals surface area contributed by atoms with Crippen molar-refractivity contribution in [2.75, 3.05) is 6.54 Å². The van der Waals surface area contributed by atoms with Gasteiger partial charge in [0.2, 0.25) is 0 Å². The van der Waals surface area contributed by atoms with Crippen LogP contribution in [0.5, 0.6) is 0 Å². The average Bonchev–Trinajstić information content (AvgIpc) is 2.66. The molecule has 1 saturated carbocycles. The summed E-state index contributed by atoms with van der Waals surface area (Å²) in [7, 11) is 0. The molecule has 2 heterocycles. The molecule has 0 atom stereocenters. The van der Waals surface area contributed by atoms with E-state index in [1.165, 1.54) is 19.3 Å². The zero-order chi connectivity index (χ0) is 11.9. The molecule has 0 spiro atoms. The maximum atomic E-state index is 5.88. The van der Waals surface area contributed by atoms with Crippen molar-refractivity contribution >= 4 is 5.65 Å². The van der Waals surface area contributed by atoms with E-state index in [2.05, 4.69) is 15.3 Å². The van der Waals surface area contributed by atoms with Gasteiger partial charge in [-0.1, -0.05) is 6.42 Å². The Morgan fingerprint density at radius 2 is 2.18 bits per heavy atom. The smallest absolute Gasteiger partial charge is 0.177 e. The maximum Gasteiger partial charge on any atom is 0.177 e. The second-order valence-electron chi connectivity index (χ2n) is 5.10. The number of rotatable bonds is 3. The van der Waals surface area contributed by atoms with Gasteiger partial charge in [-0.25, -0.2) is 0 Å². The Bertz CT molecular complexity index is 535. The lowest BCUT2D eigenvalue weighted by Crippen LogP contribution is -2.39. The third kappa shape index (κ3) is 1.70. The van der Waals surface area contributed by atoms with E-state index in [1.54, 1.807) is 0 Å². The normalized spacial score (nSPS) is 18.2. The Kier molecular flexibility index (Phi) is 2.36. The summed E-state index contributed by atoms with van der Waals surface area (Å²) in [6, 6.07) is 3.91. The summed E-state index contributed by atoms with van der Waals surface area (Å²) in [6.45, 7) is 2.71. The molecule has 0 aromatic carbocycles. The third-order valence-corrected chi connectivity index (χ3v) is 3.84. The van der Waals surface area contributed by atoms with Gasteiger partial charge in [0.1, 0.15) is 0 Å². The van der Waals surface area contributed by atoms with Gasteiger partial charge < -0.3 is 5.73 Å². The number of aromatic nitrogens is 4. The second-order valence-corrected chi connectivity index (χ2v) is 5.10. The highest BCUT2D eigenvalue weighted by atomic mass is 15.4. The Morgan fingerprint density at radius 1 is 1.35 bits per heavy atom. The number of fused-ring (bicyclic) bond motifs is 1. The number of aryl methyl sites for hydroxylation is 1. The Labute approximate surface area is 100 Å². The molecule has 1 fully saturated rings. The standard InChI is InChI=1S/C12H17N5/c1-9-3-4-10-14-15-11(17(10)16-9)7-12(8-13)5-2-6-12/h3-4H,2,5-8,13H2,1H3. The first-order chi connectivity index (χ1) is 8.22. The van der Waals surface area contributed by atoms with Crippen LogP contribution in [0.4, 0.5) is 0 Å². The fourth-order valence-electron chi connectivity index (χ4n) is 2.50. The Balaban J connectivity index is 1.97. The van der Waals surface area contributed by atoms with Gasteiger partial charge in [-0.15, -0.1) is 10.2 Å². The molecule has 5 nitrogen and oxygen atoms in total. The Hall–Kier alpha value is -1.49. The predicted molar refractivity (Wildman–Crippen MR) is 64.6 cm³/mol. The first kappa shape index (κ1) is 10.7. The van der Waals surface area contributed by atoms with Crippen LogP contribution in [-0.4, -0.2) is 26.4 Å². The van der Waals surface area contributed by atoms with E-state index in [0.717, 1.165) is 30.1 Å². The summed E-state index contributed by atoms with van der Waals surface area (Å²) in [5, 5.41) is 12.9. The zero-order valence-corrected chi connectivity index (χ0v) is 10.1. The molecular formula is C12H17N5. The van der Waals surface area contributed by atoms with Crippen LogP contribution in [0.1, 0.15) is 30.8 Å². The van der Waals surface area contributed by atoms with Gasteiger partial charge in [-0.3, -0.25) is 0 Å². The lowest BCUT2D eigenvalue weighted by atomic mass is 9.66. The van der Waals surface area contributed by atoms with Crippen LogP contribution in [0.15, 0.2) is 12.1 Å². The van der Waals surface area contributed by atoms with E-state index in [4.69, 9.17) is 5.73 Å². The molecule has 0 amide bonds. The fourth-order valence-corrected chi connectivity index (χ4v) is 2.50. The monoisotopic (exact) mass is 231 g/mol. The van der Waals surface area contributed by atoms with Crippen LogP contribution in [0.3, 0.4) is 0 Å². The van der Waals surface area contributed by atoms with Gasteiger partial charge in [-0.05, 0) is 43.9 Å². The minimum Gasteiger partial charge on any atom is -0.330 e. The van der Waals surface area contributed by atoms with Gasteiger partial charge in [0.15, 0.2) is 11.5 Å². The number of nitrogens with two attached hydrogens (primary N) is 1. The maximum absolute atomic E-state index is 5.88. The highest BCUT2D eigenvalue weighted by Crippen LogP contribution is 2.42. The first-order valence-electron chi connectivity index (χ1n) is 6.10. The lowest BCUT2D eigenvalue weighted by molar-refractivity contribution is 0.140. The predicted octanol–water partition coefficient (Wildman–Crippen LogP) is 1.10. The van der Waals surface area contributed by atoms with Crippen molar-refractivity contribution in [3.8, 4) is 0 Å². The molecule has 0 aliphatic heterocycles. The topological polar surface area (TPSA) is 69.1 Å². The van der Waals surface area contributed by atoms with Crippen molar-refractivity contribution in [1.29, 1.82) is 0 Å². The van der Waals surface area contributed by atoms with Gasteiger partial charge in [0.05, 0.1) is 5.69 Å². The van der Waals surface area contributed by atoms with Crippen molar-refractivity contribution in [3.05, 3.63) is 23.7 Å². The second kappa shape index (κ2) is 3.77. The summed E-state index contributed by atoms with van der Waals surface area (Å²) < 4.78 is 1.85. The van der Waals surface area contributed by atoms with Gasteiger partial charge in [0.25, 0.3) is 0 Å². The molecule has 17 heavy (non-hydrogen) atoms. The van der Waals surface area contributed by atoms with Gasteiger partial charge >= 0.3 is 0 Å². The lowest BCUT2D eigenvalue weighted by Gasteiger charge is -2.40. The highest BCUT2D eigenvalue weighted by Gasteiger charge is 2.37. The van der Waals surface area contributed by atoms with Crippen LogP contribution in [0.2, 0.25) is 0 Å². The number of hydrogen-bond donors (Lipinski definition) is 1. The van der Waals surface area contributed by atoms with E-state index < -0.39 is 0 Å². The van der Waals surface area contributed by atoms with Crippen molar-refractivity contribution in [2.24, 2.45) is 11.1 Å². The fraction of sp³-hybridized carbons (Fsp3) is 0.583. The molecule has 0 saturated heterocycles. The van der Waals surface area contributed by atoms with Crippen LogP contribution >= 0.6 is 0 Å². The van der Waals surface area contributed by atoms with Gasteiger partial charge in [0, 0.05) is 6.42 Å². The van der Waals surface area contributed by atoms with E-state index in [0.29, 0.717) is 0 Å². The molecule has 2 aromatic rings. The quantitative estimate of drug-likeness (QED) is 0.859. The van der Waals surface area contributed by atoms with Crippen LogP contribution in [0.25, 0.3) is 5.65 Å². The summed E-state index contributed by atoms with van der Waals surface area (Å²) in [4.78, 5) is 0. The summed E-state index contributed by atoms with van der Waals surface area (Å²) >= 11 is 0. The molecule has 5 heteroatoms. The van der Waals surface area contributed by atoms with Crippen LogP contribution < -0.4 is 5.73 Å². The number of hydrogen-bond acceptors (Lipinski definition) is 4. The molecule has 2 N–H and O–H groups in total. The van der Waals surface area contributed by atoms with E-state index in [9.17, 15) is 0 Å². The largest absolute Gasteiger partial charge is 0.330 e. The van der Waals surface area contributed by atoms with Crippen molar-refractivity contribution < 1.29 is 0 Å². The minimum absolute atomic E-state index is 0.244. The molecule has 1 aliphatic carbocycles. The van der Waals surface area contributed by atoms with Crippen LogP contribution in [-0.2, 0) is 6.42 Å². The molecule has 0 unspecified atom stereocenters. The van der Waals surface area contributed by atoms with E-state index in [-0.39, 0.29) is 5.41 Å². The van der Waals surface area contributed by atoms with Gasteiger partial charge in [-0.2, -0.15) is 9.61 Å². The molecular weight excluding hydrogens is 214 g/mol. The number of nitrogens with zero attached hydrogens (tertiary/aromatic N) is 4. The van der Waals surface area contributed by atoms with E-state index >= 15 is 0 Å². The zero-order valence-electron chi connectivity index (χ0n) is 10.1. The minimum atomic E-state index is 0.244. The Morgan fingerprint density at radius 3 is 2.82 bits per heavy atom. The summed E-state index contributed by atoms with van der Waals surface area (Å²) in [6.07, 6.45) is 4.57. The van der Waals surface area contributed by atoms with E-state index in [1.807, 2.05) is 23.6 Å². The van der Waals surface area contributed by atoms with Crippen LogP contribution in [0, 0.1) is 12.3 Å². The summed E-state index contributed by atoms with van der Waals surface area (Å²) in [5.41, 5.74) is 7.92. The molecule has 3 rings (SSSR count). The molecule has 0 bridgehead atoms. The molecule has 0 radical (unpaired) electrons. The van der Waals surface area contributed by atoms with Crippen molar-refractivity contribution in [1.82, 2.24) is 19.8 Å². The summed E-state index contributed by atoms with van der Waals surface area (Å²) in [5.74, 6) is 0.939. The average molecular weight is 231 g/mol. The highest BCUT2D eigenvalue weighted by molar-refractivity contribution is 5.36. The van der Waals surface area contributed by atoms with Crippen molar-refractivity contribution in [2.45, 2.75) is 32.6 Å². The SMILES string of the molecule is Cc1ccc2nnc(CC3(CN)CCC3)n2n1. The molecule has 2 aromatic heterocycles. The third-order valence-electron chi connectivity index (χ3n) is 3.84. The van der Waals surface area contributed by atoms with Crippen molar-refractivity contribution in [3.63, 3.8) is 0 Å².